The van der Waals surface area contributed by atoms with Gasteiger partial charge in [-0.2, -0.15) is 0 Å². The minimum absolute atomic E-state index is 0.421. The molecule has 1 atom stereocenters. The summed E-state index contributed by atoms with van der Waals surface area (Å²) in [5, 5.41) is 0. The first-order chi connectivity index (χ1) is 7.81. The third kappa shape index (κ3) is 2.22. The minimum atomic E-state index is 0.421. The van der Waals surface area contributed by atoms with Gasteiger partial charge < -0.3 is 0 Å². The Labute approximate surface area is 97.3 Å². The van der Waals surface area contributed by atoms with Gasteiger partial charge in [-0.1, -0.05) is 61.2 Å². The van der Waals surface area contributed by atoms with Crippen LogP contribution in [0.15, 0.2) is 73.4 Å². The van der Waals surface area contributed by atoms with Crippen LogP contribution in [0.3, 0.4) is 0 Å². The molecule has 0 nitrogen and oxygen atoms in total. The van der Waals surface area contributed by atoms with E-state index in [1.807, 2.05) is 12.1 Å². The molecule has 0 N–H and O–H groups in total. The fourth-order valence-corrected chi connectivity index (χ4v) is 1.92. The standard InChI is InChI=1S/C16H16/c1-3-7-14-10-11-16(12-13(14)2)15-8-5-4-6-9-15/h3-6,8-12,14H,1-2,7H2. The van der Waals surface area contributed by atoms with E-state index in [9.17, 15) is 0 Å². The lowest BCUT2D eigenvalue weighted by Gasteiger charge is -2.17. The van der Waals surface area contributed by atoms with Crippen LogP contribution in [0.4, 0.5) is 0 Å². The van der Waals surface area contributed by atoms with Gasteiger partial charge in [-0.15, -0.1) is 6.58 Å². The van der Waals surface area contributed by atoms with Gasteiger partial charge in [0.05, 0.1) is 0 Å². The van der Waals surface area contributed by atoms with Crippen LogP contribution in [0, 0.1) is 5.92 Å². The molecule has 80 valence electrons. The number of benzene rings is 1. The van der Waals surface area contributed by atoms with E-state index >= 15 is 0 Å². The Hall–Kier alpha value is -1.82. The number of rotatable bonds is 3. The molecule has 16 heavy (non-hydrogen) atoms. The van der Waals surface area contributed by atoms with Crippen molar-refractivity contribution in [2.45, 2.75) is 6.42 Å². The van der Waals surface area contributed by atoms with E-state index in [-0.39, 0.29) is 0 Å². The molecular formula is C16H16. The van der Waals surface area contributed by atoms with Gasteiger partial charge in [-0.05, 0) is 23.1 Å². The van der Waals surface area contributed by atoms with Crippen molar-refractivity contribution in [2.75, 3.05) is 0 Å². The van der Waals surface area contributed by atoms with Crippen LogP contribution >= 0.6 is 0 Å². The molecule has 0 spiro atoms. The predicted molar refractivity (Wildman–Crippen MR) is 71.0 cm³/mol. The highest BCUT2D eigenvalue weighted by Crippen LogP contribution is 2.28. The molecular weight excluding hydrogens is 192 g/mol. The molecule has 1 unspecified atom stereocenters. The molecule has 1 aliphatic carbocycles. The molecule has 0 amide bonds. The first-order valence-corrected chi connectivity index (χ1v) is 5.56. The van der Waals surface area contributed by atoms with Gasteiger partial charge in [0.1, 0.15) is 0 Å². The molecule has 0 aromatic heterocycles. The lowest BCUT2D eigenvalue weighted by Crippen LogP contribution is -2.01. The lowest BCUT2D eigenvalue weighted by molar-refractivity contribution is 0.796. The van der Waals surface area contributed by atoms with E-state index in [1.165, 1.54) is 16.7 Å². The highest BCUT2D eigenvalue weighted by molar-refractivity contribution is 5.77. The van der Waals surface area contributed by atoms with E-state index in [0.717, 1.165) is 6.42 Å². The molecule has 0 radical (unpaired) electrons. The maximum absolute atomic E-state index is 4.11. The Morgan fingerprint density at radius 2 is 1.94 bits per heavy atom. The van der Waals surface area contributed by atoms with E-state index in [2.05, 4.69) is 55.7 Å². The van der Waals surface area contributed by atoms with Gasteiger partial charge >= 0.3 is 0 Å². The average Bonchev–Trinajstić information content (AvgIpc) is 2.33. The lowest BCUT2D eigenvalue weighted by atomic mass is 9.88. The van der Waals surface area contributed by atoms with Crippen molar-refractivity contribution in [3.8, 4) is 0 Å². The van der Waals surface area contributed by atoms with Gasteiger partial charge in [0.15, 0.2) is 0 Å². The second kappa shape index (κ2) is 4.80. The van der Waals surface area contributed by atoms with Gasteiger partial charge in [0, 0.05) is 5.92 Å². The summed E-state index contributed by atoms with van der Waals surface area (Å²) in [6, 6.07) is 10.4. The highest BCUT2D eigenvalue weighted by atomic mass is 14.2. The summed E-state index contributed by atoms with van der Waals surface area (Å²) < 4.78 is 0. The summed E-state index contributed by atoms with van der Waals surface area (Å²) >= 11 is 0. The molecule has 0 fully saturated rings. The maximum atomic E-state index is 4.11. The monoisotopic (exact) mass is 208 g/mol. The normalized spacial score (nSPS) is 19.4. The van der Waals surface area contributed by atoms with E-state index < -0.39 is 0 Å². The Balaban J connectivity index is 2.22. The maximum Gasteiger partial charge on any atom is 0.00500 e. The van der Waals surface area contributed by atoms with Crippen molar-refractivity contribution in [3.63, 3.8) is 0 Å². The van der Waals surface area contributed by atoms with Gasteiger partial charge in [0.25, 0.3) is 0 Å². The van der Waals surface area contributed by atoms with Crippen LogP contribution in [-0.2, 0) is 0 Å². The largest absolute Gasteiger partial charge is 0.103 e. The summed E-state index contributed by atoms with van der Waals surface area (Å²) in [4.78, 5) is 0. The van der Waals surface area contributed by atoms with E-state index in [1.54, 1.807) is 0 Å². The zero-order chi connectivity index (χ0) is 11.4. The summed E-state index contributed by atoms with van der Waals surface area (Å²) in [6.45, 7) is 7.89. The van der Waals surface area contributed by atoms with Crippen molar-refractivity contribution in [3.05, 3.63) is 78.9 Å². The predicted octanol–water partition coefficient (Wildman–Crippen LogP) is 4.39. The van der Waals surface area contributed by atoms with Crippen LogP contribution in [-0.4, -0.2) is 0 Å². The average molecular weight is 208 g/mol. The van der Waals surface area contributed by atoms with Crippen molar-refractivity contribution < 1.29 is 0 Å². The second-order valence-electron chi connectivity index (χ2n) is 4.03. The van der Waals surface area contributed by atoms with E-state index in [0.29, 0.717) is 5.92 Å². The first-order valence-electron chi connectivity index (χ1n) is 5.56. The summed E-state index contributed by atoms with van der Waals surface area (Å²) in [6.07, 6.45) is 9.48. The number of hydrogen-bond donors (Lipinski definition) is 0. The van der Waals surface area contributed by atoms with Gasteiger partial charge in [-0.3, -0.25) is 0 Å². The van der Waals surface area contributed by atoms with Gasteiger partial charge in [-0.25, -0.2) is 0 Å². The van der Waals surface area contributed by atoms with Crippen molar-refractivity contribution in [1.29, 1.82) is 0 Å². The molecule has 2 rings (SSSR count). The first kappa shape index (κ1) is 10.7. The van der Waals surface area contributed by atoms with Crippen molar-refractivity contribution in [2.24, 2.45) is 5.92 Å². The zero-order valence-electron chi connectivity index (χ0n) is 9.39. The summed E-state index contributed by atoms with van der Waals surface area (Å²) in [5.74, 6) is 0.421. The Morgan fingerprint density at radius 3 is 2.56 bits per heavy atom. The zero-order valence-corrected chi connectivity index (χ0v) is 9.39. The molecule has 1 aromatic rings. The smallest absolute Gasteiger partial charge is 0.00500 e. The van der Waals surface area contributed by atoms with Crippen LogP contribution in [0.2, 0.25) is 0 Å². The Bertz CT molecular complexity index is 446. The molecule has 0 saturated heterocycles. The van der Waals surface area contributed by atoms with Crippen LogP contribution in [0.5, 0.6) is 0 Å². The van der Waals surface area contributed by atoms with Crippen LogP contribution < -0.4 is 0 Å². The highest BCUT2D eigenvalue weighted by Gasteiger charge is 2.11. The van der Waals surface area contributed by atoms with Crippen LogP contribution in [0.1, 0.15) is 12.0 Å². The fraction of sp³-hybridized carbons (Fsp3) is 0.125. The molecule has 1 aliphatic rings. The Kier molecular flexibility index (Phi) is 3.21. The number of allylic oxidation sites excluding steroid dienone is 6. The molecule has 0 heterocycles. The van der Waals surface area contributed by atoms with Crippen molar-refractivity contribution in [1.82, 2.24) is 0 Å². The summed E-state index contributed by atoms with van der Waals surface area (Å²) in [5.41, 5.74) is 3.66. The SMILES string of the molecule is C=CCC1C=CC(c2ccccc2)=CC1=C. The van der Waals surface area contributed by atoms with Crippen molar-refractivity contribution >= 4 is 5.57 Å². The topological polar surface area (TPSA) is 0 Å². The molecule has 0 bridgehead atoms. The number of hydrogen-bond acceptors (Lipinski definition) is 0. The van der Waals surface area contributed by atoms with Gasteiger partial charge in [0.2, 0.25) is 0 Å². The fourth-order valence-electron chi connectivity index (χ4n) is 1.92. The minimum Gasteiger partial charge on any atom is -0.103 e. The second-order valence-corrected chi connectivity index (χ2v) is 4.03. The third-order valence-electron chi connectivity index (χ3n) is 2.85. The third-order valence-corrected chi connectivity index (χ3v) is 2.85. The quantitative estimate of drug-likeness (QED) is 0.646. The molecule has 0 heteroatoms. The van der Waals surface area contributed by atoms with Crippen LogP contribution in [0.25, 0.3) is 5.57 Å². The molecule has 0 saturated carbocycles. The summed E-state index contributed by atoms with van der Waals surface area (Å²) in [7, 11) is 0. The molecule has 0 aliphatic heterocycles. The molecule has 1 aromatic carbocycles. The van der Waals surface area contributed by atoms with E-state index in [4.69, 9.17) is 0 Å². The Morgan fingerprint density at radius 1 is 1.19 bits per heavy atom.